The molecule has 0 saturated heterocycles. The summed E-state index contributed by atoms with van der Waals surface area (Å²) in [5.41, 5.74) is 0.352. The first kappa shape index (κ1) is 34.9. The van der Waals surface area contributed by atoms with Gasteiger partial charge in [0.2, 0.25) is 0 Å². The quantitative estimate of drug-likeness (QED) is 0.200. The SMILES string of the molecule is C=C(C)C(=O)O.C=C(C)C(=O)O.C=CC(=O)O.OCCOCCOCCOCCO. The maximum Gasteiger partial charge on any atom is 0.330 e. The van der Waals surface area contributed by atoms with Crippen LogP contribution in [0.1, 0.15) is 13.8 Å². The van der Waals surface area contributed by atoms with Crippen molar-refractivity contribution < 1.29 is 54.1 Å². The van der Waals surface area contributed by atoms with Crippen molar-refractivity contribution in [2.45, 2.75) is 13.8 Å². The van der Waals surface area contributed by atoms with Gasteiger partial charge in [0.25, 0.3) is 0 Å². The average Bonchev–Trinajstić information content (AvgIpc) is 2.68. The fourth-order valence-electron chi connectivity index (χ4n) is 0.671. The summed E-state index contributed by atoms with van der Waals surface area (Å²) in [7, 11) is 0. The van der Waals surface area contributed by atoms with Crippen molar-refractivity contribution in [3.63, 3.8) is 0 Å². The summed E-state index contributed by atoms with van der Waals surface area (Å²) in [5.74, 6) is -2.85. The van der Waals surface area contributed by atoms with Crippen LogP contribution >= 0.6 is 0 Å². The number of aliphatic carboxylic acids is 3. The molecule has 0 atom stereocenters. The minimum Gasteiger partial charge on any atom is -0.478 e. The van der Waals surface area contributed by atoms with E-state index in [0.717, 1.165) is 6.08 Å². The Morgan fingerprint density at radius 3 is 1.03 bits per heavy atom. The van der Waals surface area contributed by atoms with Crippen LogP contribution in [0.25, 0.3) is 0 Å². The minimum absolute atomic E-state index is 0.0413. The first-order chi connectivity index (χ1) is 14.0. The highest BCUT2D eigenvalue weighted by atomic mass is 16.5. The molecule has 0 rings (SSSR count). The average molecular weight is 438 g/mol. The number of hydrogen-bond donors (Lipinski definition) is 5. The highest BCUT2D eigenvalue weighted by Crippen LogP contribution is 1.82. The molecule has 30 heavy (non-hydrogen) atoms. The third-order valence-corrected chi connectivity index (χ3v) is 2.12. The number of aliphatic hydroxyl groups excluding tert-OH is 2. The van der Waals surface area contributed by atoms with Gasteiger partial charge in [-0.15, -0.1) is 0 Å². The zero-order chi connectivity index (χ0) is 24.4. The molecule has 0 radical (unpaired) electrons. The van der Waals surface area contributed by atoms with Crippen LogP contribution in [0.15, 0.2) is 37.0 Å². The molecule has 0 spiro atoms. The number of carbonyl (C=O) groups is 3. The molecule has 0 bridgehead atoms. The van der Waals surface area contributed by atoms with Gasteiger partial charge >= 0.3 is 17.9 Å². The van der Waals surface area contributed by atoms with Crippen LogP contribution < -0.4 is 0 Å². The Morgan fingerprint density at radius 1 is 0.700 bits per heavy atom. The summed E-state index contributed by atoms with van der Waals surface area (Å²) in [5, 5.41) is 40.1. The number of carboxylic acids is 3. The van der Waals surface area contributed by atoms with Gasteiger partial charge in [0.05, 0.1) is 52.9 Å². The molecule has 0 saturated carbocycles. The molecule has 0 aliphatic carbocycles. The minimum atomic E-state index is -0.981. The molecular formula is C19H34O11. The van der Waals surface area contributed by atoms with E-state index in [0.29, 0.717) is 39.6 Å². The lowest BCUT2D eigenvalue weighted by atomic mass is 10.4. The molecule has 0 fully saturated rings. The summed E-state index contributed by atoms with van der Waals surface area (Å²) >= 11 is 0. The summed E-state index contributed by atoms with van der Waals surface area (Å²) in [4.78, 5) is 28.4. The van der Waals surface area contributed by atoms with Gasteiger partial charge in [-0.25, -0.2) is 14.4 Å². The highest BCUT2D eigenvalue weighted by Gasteiger charge is 1.91. The van der Waals surface area contributed by atoms with Crippen LogP contribution in [0.4, 0.5) is 0 Å². The molecule has 0 amide bonds. The smallest absolute Gasteiger partial charge is 0.330 e. The fourth-order valence-corrected chi connectivity index (χ4v) is 0.671. The number of hydrogen-bond acceptors (Lipinski definition) is 8. The van der Waals surface area contributed by atoms with E-state index in [2.05, 4.69) is 19.7 Å². The van der Waals surface area contributed by atoms with Crippen LogP contribution in [0.3, 0.4) is 0 Å². The number of rotatable bonds is 13. The summed E-state index contributed by atoms with van der Waals surface area (Å²) in [6.45, 7) is 14.9. The second kappa shape index (κ2) is 28.6. The van der Waals surface area contributed by atoms with Crippen LogP contribution in [-0.4, -0.2) is 96.3 Å². The Morgan fingerprint density at radius 2 is 0.900 bits per heavy atom. The van der Waals surface area contributed by atoms with E-state index < -0.39 is 17.9 Å². The van der Waals surface area contributed by atoms with E-state index in [1.807, 2.05) is 0 Å². The van der Waals surface area contributed by atoms with Crippen molar-refractivity contribution in [1.82, 2.24) is 0 Å². The Balaban J connectivity index is -0.000000167. The zero-order valence-electron chi connectivity index (χ0n) is 17.5. The van der Waals surface area contributed by atoms with Crippen molar-refractivity contribution in [2.24, 2.45) is 0 Å². The monoisotopic (exact) mass is 438 g/mol. The largest absolute Gasteiger partial charge is 0.478 e. The Labute approximate surface area is 176 Å². The van der Waals surface area contributed by atoms with Crippen LogP contribution in [0.5, 0.6) is 0 Å². The normalized spacial score (nSPS) is 8.67. The van der Waals surface area contributed by atoms with E-state index in [9.17, 15) is 14.4 Å². The lowest BCUT2D eigenvalue weighted by molar-refractivity contribution is -0.133. The molecule has 11 heteroatoms. The van der Waals surface area contributed by atoms with Crippen LogP contribution in [0, 0.1) is 0 Å². The second-order valence-electron chi connectivity index (χ2n) is 5.00. The van der Waals surface area contributed by atoms with Crippen molar-refractivity contribution >= 4 is 17.9 Å². The van der Waals surface area contributed by atoms with Gasteiger partial charge in [0, 0.05) is 17.2 Å². The zero-order valence-corrected chi connectivity index (χ0v) is 17.5. The molecular weight excluding hydrogens is 404 g/mol. The van der Waals surface area contributed by atoms with E-state index in [4.69, 9.17) is 39.7 Å². The fraction of sp³-hybridized carbons (Fsp3) is 0.526. The van der Waals surface area contributed by atoms with E-state index in [-0.39, 0.29) is 24.4 Å². The lowest BCUT2D eigenvalue weighted by Gasteiger charge is -2.04. The predicted octanol–water partition coefficient (Wildman–Crippen LogP) is 0.572. The third-order valence-electron chi connectivity index (χ3n) is 2.12. The van der Waals surface area contributed by atoms with Crippen molar-refractivity contribution in [3.8, 4) is 0 Å². The summed E-state index contributed by atoms with van der Waals surface area (Å²) in [6.07, 6.45) is 0.833. The second-order valence-corrected chi connectivity index (χ2v) is 5.00. The first-order valence-electron chi connectivity index (χ1n) is 8.55. The topological polar surface area (TPSA) is 180 Å². The molecule has 0 aliphatic rings. The van der Waals surface area contributed by atoms with Crippen molar-refractivity contribution in [3.05, 3.63) is 37.0 Å². The van der Waals surface area contributed by atoms with Gasteiger partial charge in [-0.05, 0) is 13.8 Å². The molecule has 176 valence electrons. The van der Waals surface area contributed by atoms with Gasteiger partial charge in [-0.2, -0.15) is 0 Å². The van der Waals surface area contributed by atoms with Crippen molar-refractivity contribution in [2.75, 3.05) is 52.9 Å². The van der Waals surface area contributed by atoms with Gasteiger partial charge in [-0.3, -0.25) is 0 Å². The summed E-state index contributed by atoms with van der Waals surface area (Å²) in [6, 6.07) is 0. The molecule has 0 aromatic carbocycles. The Hall–Kier alpha value is -2.57. The Bertz CT molecular complexity index is 429. The molecule has 11 nitrogen and oxygen atoms in total. The molecule has 0 aliphatic heterocycles. The first-order valence-corrected chi connectivity index (χ1v) is 8.55. The van der Waals surface area contributed by atoms with E-state index in [1.165, 1.54) is 13.8 Å². The van der Waals surface area contributed by atoms with E-state index >= 15 is 0 Å². The number of carboxylic acid groups (broad SMARTS) is 3. The Kier molecular flexibility index (Phi) is 33.3. The number of aliphatic hydroxyl groups is 2. The summed E-state index contributed by atoms with van der Waals surface area (Å²) < 4.78 is 15.0. The van der Waals surface area contributed by atoms with Gasteiger partial charge < -0.3 is 39.7 Å². The molecule has 5 N–H and O–H groups in total. The molecule has 0 heterocycles. The van der Waals surface area contributed by atoms with Gasteiger partial charge in [0.15, 0.2) is 0 Å². The van der Waals surface area contributed by atoms with E-state index in [1.54, 1.807) is 0 Å². The maximum atomic E-state index is 9.60. The van der Waals surface area contributed by atoms with Crippen LogP contribution in [-0.2, 0) is 28.6 Å². The molecule has 0 aromatic heterocycles. The third kappa shape index (κ3) is 50.0. The van der Waals surface area contributed by atoms with Crippen molar-refractivity contribution in [1.29, 1.82) is 0 Å². The maximum absolute atomic E-state index is 9.60. The standard InChI is InChI=1S/C8H18O5.2C4H6O2.C3H4O2/c9-1-3-11-5-7-13-8-6-12-4-2-10;2*1-3(2)4(5)6;1-2-3(4)5/h9-10H,1-8H2;2*1H2,2H3,(H,5,6);2H,1H2,(H,4,5). The van der Waals surface area contributed by atoms with Gasteiger partial charge in [0.1, 0.15) is 0 Å². The van der Waals surface area contributed by atoms with Crippen LogP contribution in [0.2, 0.25) is 0 Å². The molecule has 0 unspecified atom stereocenters. The predicted molar refractivity (Wildman–Crippen MR) is 109 cm³/mol. The number of ether oxygens (including phenoxy) is 3. The van der Waals surface area contributed by atoms with Gasteiger partial charge in [-0.1, -0.05) is 19.7 Å². The highest BCUT2D eigenvalue weighted by molar-refractivity contribution is 5.85. The lowest BCUT2D eigenvalue weighted by Crippen LogP contribution is -2.11. The molecule has 0 aromatic rings.